The van der Waals surface area contributed by atoms with E-state index in [1.54, 1.807) is 0 Å². The van der Waals surface area contributed by atoms with Crippen LogP contribution in [-0.4, -0.2) is 57.9 Å². The highest BCUT2D eigenvalue weighted by atomic mass is 16.6. The van der Waals surface area contributed by atoms with Crippen LogP contribution in [0, 0.1) is 34.0 Å². The second-order valence-corrected chi connectivity index (χ2v) is 11.2. The second-order valence-electron chi connectivity index (χ2n) is 11.2. The maximum atomic E-state index is 11.7. The van der Waals surface area contributed by atoms with E-state index < -0.39 is 17.8 Å². The molecule has 6 rings (SSSR count). The molecule has 2 heterocycles. The Morgan fingerprint density at radius 2 is 1.89 bits per heavy atom. The summed E-state index contributed by atoms with van der Waals surface area (Å²) in [6, 6.07) is 0. The van der Waals surface area contributed by atoms with Crippen molar-refractivity contribution < 1.29 is 29.6 Å². The zero-order valence-corrected chi connectivity index (χ0v) is 17.4. The van der Waals surface area contributed by atoms with E-state index in [0.717, 1.165) is 25.7 Å². The molecule has 0 radical (unpaired) electrons. The van der Waals surface area contributed by atoms with Crippen molar-refractivity contribution in [3.63, 3.8) is 0 Å². The number of carbonyl (C=O) groups is 1. The van der Waals surface area contributed by atoms with Crippen LogP contribution >= 0.6 is 0 Å². The van der Waals surface area contributed by atoms with Gasteiger partial charge in [0.05, 0.1) is 24.9 Å². The molecular formula is C22H34O6. The van der Waals surface area contributed by atoms with Crippen LogP contribution in [0.1, 0.15) is 59.8 Å². The van der Waals surface area contributed by atoms with Crippen molar-refractivity contribution in [2.75, 3.05) is 6.61 Å². The zero-order chi connectivity index (χ0) is 20.3. The molecule has 4 saturated carbocycles. The highest BCUT2D eigenvalue weighted by Crippen LogP contribution is 2.76. The molecule has 10 atom stereocenters. The van der Waals surface area contributed by atoms with Gasteiger partial charge in [-0.1, -0.05) is 20.8 Å². The van der Waals surface area contributed by atoms with Gasteiger partial charge in [0.15, 0.2) is 0 Å². The van der Waals surface area contributed by atoms with E-state index in [-0.39, 0.29) is 58.8 Å². The van der Waals surface area contributed by atoms with Gasteiger partial charge in [0.25, 0.3) is 0 Å². The maximum absolute atomic E-state index is 11.7. The standard InChI is InChI=1S/C22H34O6/c1-11(24)27-15-5-6-20(4)16(19(15,2)3)13(25)9-21-8-12-7-14(17(20)21)28-22(12,10-23)18(21)26/h12-18,23,25-26H,5-10H2,1-4H3. The fourth-order valence-corrected chi connectivity index (χ4v) is 9.26. The molecule has 6 aliphatic rings. The Morgan fingerprint density at radius 1 is 1.18 bits per heavy atom. The second kappa shape index (κ2) is 5.51. The molecule has 6 fully saturated rings. The van der Waals surface area contributed by atoms with Crippen LogP contribution in [0.4, 0.5) is 0 Å². The summed E-state index contributed by atoms with van der Waals surface area (Å²) in [5.41, 5.74) is -1.80. The van der Waals surface area contributed by atoms with Crippen LogP contribution in [0.15, 0.2) is 0 Å². The minimum Gasteiger partial charge on any atom is -0.462 e. The molecule has 3 N–H and O–H groups in total. The summed E-state index contributed by atoms with van der Waals surface area (Å²) in [4.78, 5) is 11.7. The number of aliphatic hydroxyl groups is 3. The molecule has 6 heteroatoms. The van der Waals surface area contributed by atoms with Crippen molar-refractivity contribution in [3.8, 4) is 0 Å². The Kier molecular flexibility index (Phi) is 3.79. The Bertz CT molecular complexity index is 707. The first-order chi connectivity index (χ1) is 13.0. The lowest BCUT2D eigenvalue weighted by Gasteiger charge is -2.68. The summed E-state index contributed by atoms with van der Waals surface area (Å²) in [6.45, 7) is 7.77. The van der Waals surface area contributed by atoms with Gasteiger partial charge < -0.3 is 24.8 Å². The van der Waals surface area contributed by atoms with E-state index in [0.29, 0.717) is 6.42 Å². The van der Waals surface area contributed by atoms with Crippen molar-refractivity contribution in [3.05, 3.63) is 0 Å². The molecule has 2 aliphatic heterocycles. The van der Waals surface area contributed by atoms with Gasteiger partial charge in [-0.2, -0.15) is 0 Å². The molecule has 0 amide bonds. The van der Waals surface area contributed by atoms with Crippen LogP contribution in [0.2, 0.25) is 0 Å². The van der Waals surface area contributed by atoms with Crippen LogP contribution in [0.5, 0.6) is 0 Å². The smallest absolute Gasteiger partial charge is 0.302 e. The molecule has 10 unspecified atom stereocenters. The first kappa shape index (κ1) is 19.3. The fourth-order valence-electron chi connectivity index (χ4n) is 9.26. The molecule has 0 aromatic carbocycles. The number of fused-ring (bicyclic) bond motifs is 1. The number of hydrogen-bond acceptors (Lipinski definition) is 6. The predicted molar refractivity (Wildman–Crippen MR) is 100 cm³/mol. The molecule has 158 valence electrons. The lowest BCUT2D eigenvalue weighted by molar-refractivity contribution is -0.305. The van der Waals surface area contributed by atoms with Crippen LogP contribution in [-0.2, 0) is 14.3 Å². The van der Waals surface area contributed by atoms with Gasteiger partial charge in [0.1, 0.15) is 11.7 Å². The fraction of sp³-hybridized carbons (Fsp3) is 0.955. The zero-order valence-electron chi connectivity index (χ0n) is 17.4. The van der Waals surface area contributed by atoms with Crippen molar-refractivity contribution in [2.45, 2.75) is 89.8 Å². The van der Waals surface area contributed by atoms with E-state index in [9.17, 15) is 20.1 Å². The minimum atomic E-state index is -0.839. The third kappa shape index (κ3) is 1.96. The largest absolute Gasteiger partial charge is 0.462 e. The summed E-state index contributed by atoms with van der Waals surface area (Å²) in [7, 11) is 0. The average molecular weight is 395 g/mol. The maximum Gasteiger partial charge on any atom is 0.302 e. The molecule has 4 aliphatic carbocycles. The van der Waals surface area contributed by atoms with Gasteiger partial charge in [0.2, 0.25) is 0 Å². The van der Waals surface area contributed by atoms with Crippen molar-refractivity contribution >= 4 is 5.97 Å². The highest BCUT2D eigenvalue weighted by Gasteiger charge is 2.80. The lowest BCUT2D eigenvalue weighted by atomic mass is 9.39. The quantitative estimate of drug-likeness (QED) is 0.616. The molecule has 4 bridgehead atoms. The van der Waals surface area contributed by atoms with E-state index in [4.69, 9.17) is 9.47 Å². The van der Waals surface area contributed by atoms with E-state index in [1.807, 2.05) is 0 Å². The van der Waals surface area contributed by atoms with Crippen LogP contribution in [0.25, 0.3) is 0 Å². The van der Waals surface area contributed by atoms with Gasteiger partial charge >= 0.3 is 5.97 Å². The number of rotatable bonds is 2. The predicted octanol–water partition coefficient (Wildman–Crippen LogP) is 1.64. The molecule has 0 aromatic rings. The van der Waals surface area contributed by atoms with E-state index in [1.165, 1.54) is 6.92 Å². The van der Waals surface area contributed by atoms with Crippen molar-refractivity contribution in [1.29, 1.82) is 0 Å². The third-order valence-corrected chi connectivity index (χ3v) is 9.73. The first-order valence-electron chi connectivity index (χ1n) is 10.8. The normalized spacial score (nSPS) is 58.3. The third-order valence-electron chi connectivity index (χ3n) is 9.73. The molecule has 2 saturated heterocycles. The van der Waals surface area contributed by atoms with Crippen LogP contribution in [0.3, 0.4) is 0 Å². The summed E-state index contributed by atoms with van der Waals surface area (Å²) in [6.07, 6.45) is 2.34. The summed E-state index contributed by atoms with van der Waals surface area (Å²) in [5, 5.41) is 32.9. The number of hydrogen-bond donors (Lipinski definition) is 3. The van der Waals surface area contributed by atoms with E-state index in [2.05, 4.69) is 20.8 Å². The Morgan fingerprint density at radius 3 is 2.50 bits per heavy atom. The number of ether oxygens (including phenoxy) is 2. The summed E-state index contributed by atoms with van der Waals surface area (Å²) >= 11 is 0. The van der Waals surface area contributed by atoms with Gasteiger partial charge in [-0.3, -0.25) is 4.79 Å². The number of carbonyl (C=O) groups excluding carboxylic acids is 1. The van der Waals surface area contributed by atoms with Gasteiger partial charge in [-0.25, -0.2) is 0 Å². The average Bonchev–Trinajstić information content (AvgIpc) is 2.96. The Balaban J connectivity index is 1.58. The topological polar surface area (TPSA) is 96.2 Å². The summed E-state index contributed by atoms with van der Waals surface area (Å²) in [5.74, 6) is 0.0156. The monoisotopic (exact) mass is 394 g/mol. The van der Waals surface area contributed by atoms with E-state index >= 15 is 0 Å². The highest BCUT2D eigenvalue weighted by molar-refractivity contribution is 5.66. The number of aliphatic hydroxyl groups excluding tert-OH is 3. The minimum absolute atomic E-state index is 0.0235. The van der Waals surface area contributed by atoms with Crippen molar-refractivity contribution in [1.82, 2.24) is 0 Å². The Labute approximate surface area is 166 Å². The number of esters is 1. The van der Waals surface area contributed by atoms with Gasteiger partial charge in [0, 0.05) is 17.8 Å². The summed E-state index contributed by atoms with van der Waals surface area (Å²) < 4.78 is 12.1. The molecule has 6 nitrogen and oxygen atoms in total. The molecule has 1 spiro atoms. The van der Waals surface area contributed by atoms with Gasteiger partial charge in [-0.15, -0.1) is 0 Å². The van der Waals surface area contributed by atoms with Crippen LogP contribution < -0.4 is 0 Å². The first-order valence-corrected chi connectivity index (χ1v) is 10.8. The van der Waals surface area contributed by atoms with Crippen molar-refractivity contribution in [2.24, 2.45) is 34.0 Å². The molecule has 28 heavy (non-hydrogen) atoms. The SMILES string of the molecule is CC(=O)OC1CCC2(C)C(C(O)CC34CC5CC(OC5(CO)C3O)C24)C1(C)C. The molecular weight excluding hydrogens is 360 g/mol. The Hall–Kier alpha value is -0.690. The van der Waals surface area contributed by atoms with Gasteiger partial charge in [-0.05, 0) is 55.3 Å². The molecule has 0 aromatic heterocycles. The lowest BCUT2D eigenvalue weighted by Crippen LogP contribution is -2.71.